The quantitative estimate of drug-likeness (QED) is 0.513. The van der Waals surface area contributed by atoms with Gasteiger partial charge in [-0.3, -0.25) is 0 Å². The highest BCUT2D eigenvalue weighted by molar-refractivity contribution is 5.32. The van der Waals surface area contributed by atoms with Crippen molar-refractivity contribution in [2.24, 2.45) is 5.92 Å². The van der Waals surface area contributed by atoms with Crippen LogP contribution in [0.1, 0.15) is 66.9 Å². The first-order chi connectivity index (χ1) is 13.4. The van der Waals surface area contributed by atoms with Gasteiger partial charge < -0.3 is 4.74 Å². The largest absolute Gasteiger partial charge is 0.383 e. The van der Waals surface area contributed by atoms with Crippen molar-refractivity contribution in [2.75, 3.05) is 0 Å². The van der Waals surface area contributed by atoms with Gasteiger partial charge in [-0.05, 0) is 67.7 Å². The lowest BCUT2D eigenvalue weighted by molar-refractivity contribution is -0.272. The summed E-state index contributed by atoms with van der Waals surface area (Å²) >= 11 is 0. The fraction of sp³-hybridized carbons (Fsp3) is 0.375. The maximum atomic E-state index is 14.6. The van der Waals surface area contributed by atoms with E-state index in [9.17, 15) is 8.78 Å². The average molecular weight is 381 g/mol. The molecule has 1 aliphatic carbocycles. The third-order valence-corrected chi connectivity index (χ3v) is 5.66. The Morgan fingerprint density at radius 1 is 1.07 bits per heavy atom. The number of hydrogen-bond donors (Lipinski definition) is 0. The van der Waals surface area contributed by atoms with Crippen molar-refractivity contribution in [3.8, 4) is 6.07 Å². The van der Waals surface area contributed by atoms with E-state index < -0.39 is 12.2 Å². The van der Waals surface area contributed by atoms with Gasteiger partial charge in [0, 0.05) is 0 Å². The van der Waals surface area contributed by atoms with Crippen molar-refractivity contribution in [3.63, 3.8) is 0 Å². The molecule has 1 unspecified atom stereocenters. The Morgan fingerprint density at radius 2 is 1.68 bits per heavy atom. The molecule has 0 aromatic heterocycles. The number of nitrogens with zero attached hydrogens (tertiary/aromatic N) is 1. The first kappa shape index (κ1) is 20.2. The van der Waals surface area contributed by atoms with Gasteiger partial charge in [0.2, 0.25) is 0 Å². The summed E-state index contributed by atoms with van der Waals surface area (Å²) in [6, 6.07) is 15.0. The van der Waals surface area contributed by atoms with E-state index in [2.05, 4.69) is 6.58 Å². The van der Waals surface area contributed by atoms with Gasteiger partial charge in [-0.1, -0.05) is 42.5 Å². The molecule has 0 amide bonds. The molecule has 0 spiro atoms. The van der Waals surface area contributed by atoms with Crippen molar-refractivity contribution < 1.29 is 13.5 Å². The summed E-state index contributed by atoms with van der Waals surface area (Å²) in [5.41, 5.74) is 2.06. The molecular weight excluding hydrogens is 356 g/mol. The number of hydrogen-bond acceptors (Lipinski definition) is 2. The van der Waals surface area contributed by atoms with Crippen LogP contribution in [0.2, 0.25) is 0 Å². The highest BCUT2D eigenvalue weighted by Gasteiger charge is 2.35. The molecule has 28 heavy (non-hydrogen) atoms. The summed E-state index contributed by atoms with van der Waals surface area (Å²) < 4.78 is 34.3. The number of ether oxygens (including phenoxy) is 1. The molecule has 1 atom stereocenters. The minimum Gasteiger partial charge on any atom is -0.309 e. The van der Waals surface area contributed by atoms with Crippen LogP contribution < -0.4 is 0 Å². The molecule has 3 rings (SSSR count). The van der Waals surface area contributed by atoms with E-state index in [0.717, 1.165) is 31.2 Å². The minimum atomic E-state index is -3.38. The summed E-state index contributed by atoms with van der Waals surface area (Å²) in [5, 5.41) is 8.84. The summed E-state index contributed by atoms with van der Waals surface area (Å²) in [4.78, 5) is 0. The predicted molar refractivity (Wildman–Crippen MR) is 106 cm³/mol. The molecular formula is C24H25F2NO. The smallest absolute Gasteiger partial charge is 0.309 e. The fourth-order valence-corrected chi connectivity index (χ4v) is 3.82. The third kappa shape index (κ3) is 4.66. The van der Waals surface area contributed by atoms with Crippen molar-refractivity contribution in [1.29, 1.82) is 5.26 Å². The van der Waals surface area contributed by atoms with E-state index >= 15 is 0 Å². The van der Waals surface area contributed by atoms with Crippen LogP contribution in [-0.2, 0) is 10.8 Å². The molecule has 2 nitrogen and oxygen atoms in total. The molecule has 0 aliphatic heterocycles. The first-order valence-corrected chi connectivity index (χ1v) is 9.71. The molecule has 4 heteroatoms. The topological polar surface area (TPSA) is 33.0 Å². The SMILES string of the molecule is C=CC1CCC(c2ccc(C(F)(F)OC(C)c3ccc(C#N)cc3)cc2)CC1. The Morgan fingerprint density at radius 3 is 2.21 bits per heavy atom. The Hall–Kier alpha value is -2.51. The highest BCUT2D eigenvalue weighted by Crippen LogP contribution is 2.39. The van der Waals surface area contributed by atoms with E-state index in [1.54, 1.807) is 43.3 Å². The van der Waals surface area contributed by atoms with E-state index in [1.807, 2.05) is 12.1 Å². The highest BCUT2D eigenvalue weighted by atomic mass is 19.3. The number of rotatable bonds is 6. The molecule has 1 fully saturated rings. The van der Waals surface area contributed by atoms with Crippen LogP contribution in [0.25, 0.3) is 0 Å². The van der Waals surface area contributed by atoms with Crippen LogP contribution >= 0.6 is 0 Å². The Balaban J connectivity index is 1.66. The number of alkyl halides is 2. The predicted octanol–water partition coefficient (Wildman–Crippen LogP) is 6.85. The molecule has 1 saturated carbocycles. The van der Waals surface area contributed by atoms with Crippen molar-refractivity contribution in [3.05, 3.63) is 83.4 Å². The summed E-state index contributed by atoms with van der Waals surface area (Å²) in [7, 11) is 0. The second-order valence-electron chi connectivity index (χ2n) is 7.48. The van der Waals surface area contributed by atoms with Crippen LogP contribution in [0.3, 0.4) is 0 Å². The lowest BCUT2D eigenvalue weighted by Gasteiger charge is -2.27. The van der Waals surface area contributed by atoms with Gasteiger partial charge >= 0.3 is 6.11 Å². The van der Waals surface area contributed by atoms with Crippen LogP contribution in [0.15, 0.2) is 61.2 Å². The Kier molecular flexibility index (Phi) is 6.26. The zero-order valence-electron chi connectivity index (χ0n) is 16.1. The zero-order chi connectivity index (χ0) is 20.1. The van der Waals surface area contributed by atoms with E-state index in [4.69, 9.17) is 10.00 Å². The van der Waals surface area contributed by atoms with Crippen LogP contribution in [0, 0.1) is 17.2 Å². The normalized spacial score (nSPS) is 20.9. The Bertz CT molecular complexity index is 828. The maximum absolute atomic E-state index is 14.6. The maximum Gasteiger partial charge on any atom is 0.383 e. The summed E-state index contributed by atoms with van der Waals surface area (Å²) in [5.74, 6) is 1.01. The summed E-state index contributed by atoms with van der Waals surface area (Å²) in [6.45, 7) is 5.45. The lowest BCUT2D eigenvalue weighted by atomic mass is 9.78. The first-order valence-electron chi connectivity index (χ1n) is 9.71. The van der Waals surface area contributed by atoms with E-state index in [-0.39, 0.29) is 5.56 Å². The van der Waals surface area contributed by atoms with Gasteiger partial charge in [0.25, 0.3) is 0 Å². The van der Waals surface area contributed by atoms with Crippen LogP contribution in [0.5, 0.6) is 0 Å². The fourth-order valence-electron chi connectivity index (χ4n) is 3.82. The second kappa shape index (κ2) is 8.67. The van der Waals surface area contributed by atoms with Crippen molar-refractivity contribution in [1.82, 2.24) is 0 Å². The van der Waals surface area contributed by atoms with Gasteiger partial charge in [-0.2, -0.15) is 14.0 Å². The van der Waals surface area contributed by atoms with Gasteiger partial charge in [0.15, 0.2) is 0 Å². The average Bonchev–Trinajstić information content (AvgIpc) is 2.73. The van der Waals surface area contributed by atoms with Gasteiger partial charge in [0.05, 0.1) is 23.3 Å². The molecule has 2 aromatic carbocycles. The van der Waals surface area contributed by atoms with E-state index in [0.29, 0.717) is 23.0 Å². The zero-order valence-corrected chi connectivity index (χ0v) is 16.1. The molecule has 2 aromatic rings. The molecule has 0 saturated heterocycles. The minimum absolute atomic E-state index is 0.142. The van der Waals surface area contributed by atoms with Crippen LogP contribution in [0.4, 0.5) is 8.78 Å². The van der Waals surface area contributed by atoms with Gasteiger partial charge in [-0.25, -0.2) is 0 Å². The Labute approximate surface area is 165 Å². The number of benzene rings is 2. The monoisotopic (exact) mass is 381 g/mol. The molecule has 0 radical (unpaired) electrons. The van der Waals surface area contributed by atoms with Gasteiger partial charge in [-0.15, -0.1) is 6.58 Å². The molecule has 0 bridgehead atoms. The van der Waals surface area contributed by atoms with Crippen molar-refractivity contribution >= 4 is 0 Å². The van der Waals surface area contributed by atoms with Crippen molar-refractivity contribution in [2.45, 2.75) is 50.7 Å². The number of nitriles is 1. The molecule has 0 heterocycles. The second-order valence-corrected chi connectivity index (χ2v) is 7.48. The molecule has 146 valence electrons. The van der Waals surface area contributed by atoms with Gasteiger partial charge in [0.1, 0.15) is 0 Å². The molecule has 1 aliphatic rings. The summed E-state index contributed by atoms with van der Waals surface area (Å²) in [6.07, 6.45) is 2.20. The third-order valence-electron chi connectivity index (χ3n) is 5.66. The van der Waals surface area contributed by atoms with E-state index in [1.165, 1.54) is 12.1 Å². The number of allylic oxidation sites excluding steroid dienone is 1. The molecule has 0 N–H and O–H groups in total. The van der Waals surface area contributed by atoms with Crippen LogP contribution in [-0.4, -0.2) is 0 Å². The standard InChI is InChI=1S/C24H25F2NO/c1-3-18-4-10-21(11-5-18)22-12-14-23(15-13-22)24(25,26)28-17(2)20-8-6-19(16-27)7-9-20/h3,6-9,12-15,17-18,21H,1,4-5,10-11H2,2H3. The number of halogens is 2. The lowest BCUT2D eigenvalue weighted by Crippen LogP contribution is -2.20.